The van der Waals surface area contributed by atoms with Crippen LogP contribution in [0.3, 0.4) is 0 Å². The van der Waals surface area contributed by atoms with Gasteiger partial charge in [-0.05, 0) is 38.0 Å². The molecule has 7 heteroatoms. The molecule has 132 valence electrons. The molecule has 2 unspecified atom stereocenters. The lowest BCUT2D eigenvalue weighted by Gasteiger charge is -2.22. The first kappa shape index (κ1) is 19.7. The summed E-state index contributed by atoms with van der Waals surface area (Å²) in [6, 6.07) is 6.38. The first-order chi connectivity index (χ1) is 11.1. The van der Waals surface area contributed by atoms with Gasteiger partial charge in [0.15, 0.2) is 0 Å². The van der Waals surface area contributed by atoms with Crippen LogP contribution < -0.4 is 5.32 Å². The summed E-state index contributed by atoms with van der Waals surface area (Å²) in [6.07, 6.45) is -0.664. The number of aliphatic hydroxyl groups is 2. The third-order valence-electron chi connectivity index (χ3n) is 2.92. The van der Waals surface area contributed by atoms with Crippen molar-refractivity contribution in [2.45, 2.75) is 38.6 Å². The van der Waals surface area contributed by atoms with Crippen LogP contribution in [-0.2, 0) is 9.53 Å². The topological polar surface area (TPSA) is 116 Å². The zero-order valence-corrected chi connectivity index (χ0v) is 13.9. The predicted molar refractivity (Wildman–Crippen MR) is 88.3 cm³/mol. The SMILES string of the molecule is CC(C)(C)OC(=O)NCC(O)C(O)c1ccc(/C=C/C(=O)O)cc1. The minimum absolute atomic E-state index is 0.170. The molecule has 1 rings (SSSR count). The minimum atomic E-state index is -1.21. The van der Waals surface area contributed by atoms with Crippen LogP contribution in [0.25, 0.3) is 6.08 Å². The molecule has 0 saturated carbocycles. The van der Waals surface area contributed by atoms with Crippen LogP contribution in [0, 0.1) is 0 Å². The summed E-state index contributed by atoms with van der Waals surface area (Å²) >= 11 is 0. The first-order valence-corrected chi connectivity index (χ1v) is 7.42. The molecule has 0 aromatic heterocycles. The van der Waals surface area contributed by atoms with E-state index in [-0.39, 0.29) is 6.54 Å². The van der Waals surface area contributed by atoms with Gasteiger partial charge >= 0.3 is 12.1 Å². The molecule has 0 fully saturated rings. The van der Waals surface area contributed by atoms with Crippen molar-refractivity contribution in [1.82, 2.24) is 5.32 Å². The summed E-state index contributed by atoms with van der Waals surface area (Å²) in [5.74, 6) is -1.05. The molecule has 4 N–H and O–H groups in total. The fraction of sp³-hybridized carbons (Fsp3) is 0.412. The van der Waals surface area contributed by atoms with Gasteiger partial charge in [-0.15, -0.1) is 0 Å². The number of carboxylic acids is 1. The fourth-order valence-corrected chi connectivity index (χ4v) is 1.81. The van der Waals surface area contributed by atoms with Crippen LogP contribution in [0.15, 0.2) is 30.3 Å². The van der Waals surface area contributed by atoms with Gasteiger partial charge in [-0.1, -0.05) is 24.3 Å². The Kier molecular flexibility index (Phi) is 6.94. The van der Waals surface area contributed by atoms with Crippen molar-refractivity contribution in [3.8, 4) is 0 Å². The van der Waals surface area contributed by atoms with E-state index < -0.39 is 29.9 Å². The number of alkyl carbamates (subject to hydrolysis) is 1. The van der Waals surface area contributed by atoms with E-state index >= 15 is 0 Å². The quantitative estimate of drug-likeness (QED) is 0.587. The van der Waals surface area contributed by atoms with E-state index in [1.807, 2.05) is 0 Å². The summed E-state index contributed by atoms with van der Waals surface area (Å²) in [4.78, 5) is 22.0. The van der Waals surface area contributed by atoms with Crippen molar-refractivity contribution >= 4 is 18.1 Å². The van der Waals surface area contributed by atoms with Gasteiger partial charge in [-0.25, -0.2) is 9.59 Å². The van der Waals surface area contributed by atoms with Gasteiger partial charge < -0.3 is 25.4 Å². The van der Waals surface area contributed by atoms with Gasteiger partial charge in [-0.3, -0.25) is 0 Å². The second-order valence-electron chi connectivity index (χ2n) is 6.23. The van der Waals surface area contributed by atoms with Gasteiger partial charge in [0.1, 0.15) is 17.8 Å². The second kappa shape index (κ2) is 8.47. The molecule has 0 radical (unpaired) electrons. The zero-order valence-electron chi connectivity index (χ0n) is 13.9. The van der Waals surface area contributed by atoms with Crippen molar-refractivity contribution in [3.05, 3.63) is 41.5 Å². The largest absolute Gasteiger partial charge is 0.478 e. The Labute approximate surface area is 140 Å². The highest BCUT2D eigenvalue weighted by Crippen LogP contribution is 2.18. The van der Waals surface area contributed by atoms with E-state index in [2.05, 4.69) is 5.32 Å². The lowest BCUT2D eigenvalue weighted by molar-refractivity contribution is -0.131. The second-order valence-corrected chi connectivity index (χ2v) is 6.23. The number of aliphatic hydroxyl groups excluding tert-OH is 2. The van der Waals surface area contributed by atoms with E-state index in [1.54, 1.807) is 45.0 Å². The fourth-order valence-electron chi connectivity index (χ4n) is 1.81. The number of rotatable bonds is 6. The van der Waals surface area contributed by atoms with Gasteiger partial charge in [-0.2, -0.15) is 0 Å². The van der Waals surface area contributed by atoms with Crippen LogP contribution in [0.5, 0.6) is 0 Å². The number of carbonyl (C=O) groups excluding carboxylic acids is 1. The zero-order chi connectivity index (χ0) is 18.3. The van der Waals surface area contributed by atoms with Crippen molar-refractivity contribution < 1.29 is 29.6 Å². The molecule has 0 heterocycles. The number of nitrogens with one attached hydrogen (secondary N) is 1. The lowest BCUT2D eigenvalue weighted by atomic mass is 10.0. The molecule has 2 atom stereocenters. The summed E-state index contributed by atoms with van der Waals surface area (Å²) in [5.41, 5.74) is 0.447. The molecular weight excluding hydrogens is 314 g/mol. The Balaban J connectivity index is 2.57. The maximum absolute atomic E-state index is 11.5. The molecule has 1 aromatic carbocycles. The predicted octanol–water partition coefficient (Wildman–Crippen LogP) is 1.70. The Morgan fingerprint density at radius 3 is 2.29 bits per heavy atom. The Morgan fingerprint density at radius 1 is 1.21 bits per heavy atom. The normalized spacial score (nSPS) is 14.2. The standard InChI is InChI=1S/C17H23NO6/c1-17(2,3)24-16(23)18-10-13(19)15(22)12-7-4-11(5-8-12)6-9-14(20)21/h4-9,13,15,19,22H,10H2,1-3H3,(H,18,23)(H,20,21)/b9-6+. The average molecular weight is 337 g/mol. The smallest absolute Gasteiger partial charge is 0.407 e. The van der Waals surface area contributed by atoms with Gasteiger partial charge in [0, 0.05) is 12.6 Å². The molecule has 7 nitrogen and oxygen atoms in total. The molecule has 24 heavy (non-hydrogen) atoms. The summed E-state index contributed by atoms with van der Waals surface area (Å²) in [7, 11) is 0. The number of carboxylic acid groups (broad SMARTS) is 1. The number of amides is 1. The first-order valence-electron chi connectivity index (χ1n) is 7.42. The number of aliphatic carboxylic acids is 1. The van der Waals surface area contributed by atoms with Crippen LogP contribution in [-0.4, -0.2) is 45.6 Å². The van der Waals surface area contributed by atoms with Gasteiger partial charge in [0.25, 0.3) is 0 Å². The molecule has 0 aliphatic rings. The van der Waals surface area contributed by atoms with E-state index in [1.165, 1.54) is 6.08 Å². The van der Waals surface area contributed by atoms with Crippen molar-refractivity contribution in [1.29, 1.82) is 0 Å². The maximum atomic E-state index is 11.5. The monoisotopic (exact) mass is 337 g/mol. The summed E-state index contributed by atoms with van der Waals surface area (Å²) < 4.78 is 5.04. The van der Waals surface area contributed by atoms with Crippen LogP contribution in [0.1, 0.15) is 38.0 Å². The van der Waals surface area contributed by atoms with Crippen molar-refractivity contribution in [2.75, 3.05) is 6.54 Å². The van der Waals surface area contributed by atoms with E-state index in [4.69, 9.17) is 9.84 Å². The third-order valence-corrected chi connectivity index (χ3v) is 2.92. The Hall–Kier alpha value is -2.38. The summed E-state index contributed by atoms with van der Waals surface area (Å²) in [5, 5.41) is 31.0. The van der Waals surface area contributed by atoms with Gasteiger partial charge in [0.05, 0.1) is 0 Å². The Bertz CT molecular complexity index is 588. The molecule has 0 spiro atoms. The van der Waals surface area contributed by atoms with Crippen LogP contribution in [0.2, 0.25) is 0 Å². The molecule has 0 saturated heterocycles. The molecule has 0 aliphatic heterocycles. The highest BCUT2D eigenvalue weighted by Gasteiger charge is 2.21. The summed E-state index contributed by atoms with van der Waals surface area (Å²) in [6.45, 7) is 4.99. The average Bonchev–Trinajstić information content (AvgIpc) is 2.48. The third kappa shape index (κ3) is 7.26. The highest BCUT2D eigenvalue weighted by atomic mass is 16.6. The number of hydrogen-bond acceptors (Lipinski definition) is 5. The van der Waals surface area contributed by atoms with Crippen LogP contribution >= 0.6 is 0 Å². The number of hydrogen-bond donors (Lipinski definition) is 4. The van der Waals surface area contributed by atoms with E-state index in [0.29, 0.717) is 11.1 Å². The van der Waals surface area contributed by atoms with Crippen molar-refractivity contribution in [2.24, 2.45) is 0 Å². The maximum Gasteiger partial charge on any atom is 0.407 e. The number of carbonyl (C=O) groups is 2. The minimum Gasteiger partial charge on any atom is -0.478 e. The molecule has 0 aliphatic carbocycles. The van der Waals surface area contributed by atoms with Crippen molar-refractivity contribution in [3.63, 3.8) is 0 Å². The van der Waals surface area contributed by atoms with E-state index in [9.17, 15) is 19.8 Å². The van der Waals surface area contributed by atoms with Gasteiger partial charge in [0.2, 0.25) is 0 Å². The molecule has 0 bridgehead atoms. The molecular formula is C17H23NO6. The number of ether oxygens (including phenoxy) is 1. The van der Waals surface area contributed by atoms with E-state index in [0.717, 1.165) is 6.08 Å². The molecule has 1 amide bonds. The highest BCUT2D eigenvalue weighted by molar-refractivity contribution is 5.85. The lowest BCUT2D eigenvalue weighted by Crippen LogP contribution is -2.38. The number of benzene rings is 1. The molecule has 1 aromatic rings. The van der Waals surface area contributed by atoms with Crippen LogP contribution in [0.4, 0.5) is 4.79 Å². The Morgan fingerprint density at radius 2 is 1.79 bits per heavy atom.